The molecule has 0 bridgehead atoms. The zero-order chi connectivity index (χ0) is 16.1. The summed E-state index contributed by atoms with van der Waals surface area (Å²) >= 11 is 3.12. The van der Waals surface area contributed by atoms with Crippen molar-refractivity contribution in [2.75, 3.05) is 18.2 Å². The standard InChI is InChI=1S/C16H20N2O2S2/c1-10(2)21-9-14(19)17-16-18-15(11(3)22-16)12-5-7-13(20-4)8-6-12/h5-8,10H,9H2,1-4H3,(H,17,18,19). The van der Waals surface area contributed by atoms with Crippen molar-refractivity contribution >= 4 is 34.1 Å². The smallest absolute Gasteiger partial charge is 0.236 e. The highest BCUT2D eigenvalue weighted by molar-refractivity contribution is 8.00. The molecule has 118 valence electrons. The van der Waals surface area contributed by atoms with Gasteiger partial charge in [-0.3, -0.25) is 4.79 Å². The van der Waals surface area contributed by atoms with Crippen molar-refractivity contribution < 1.29 is 9.53 Å². The number of methoxy groups -OCH3 is 1. The lowest BCUT2D eigenvalue weighted by Gasteiger charge is -2.04. The highest BCUT2D eigenvalue weighted by atomic mass is 32.2. The zero-order valence-corrected chi connectivity index (χ0v) is 14.8. The SMILES string of the molecule is COc1ccc(-c2nc(NC(=O)CSC(C)C)sc2C)cc1. The molecule has 22 heavy (non-hydrogen) atoms. The van der Waals surface area contributed by atoms with Crippen LogP contribution in [0.4, 0.5) is 5.13 Å². The van der Waals surface area contributed by atoms with Gasteiger partial charge < -0.3 is 10.1 Å². The molecule has 0 spiro atoms. The molecule has 0 saturated carbocycles. The van der Waals surface area contributed by atoms with Crippen LogP contribution >= 0.6 is 23.1 Å². The molecular weight excluding hydrogens is 316 g/mol. The molecule has 0 fully saturated rings. The van der Waals surface area contributed by atoms with Gasteiger partial charge in [-0.15, -0.1) is 23.1 Å². The quantitative estimate of drug-likeness (QED) is 0.858. The Labute approximate surface area is 139 Å². The minimum absolute atomic E-state index is 0.00580. The first-order valence-corrected chi connectivity index (χ1v) is 8.89. The first-order chi connectivity index (χ1) is 10.5. The van der Waals surface area contributed by atoms with Crippen molar-refractivity contribution in [1.29, 1.82) is 0 Å². The van der Waals surface area contributed by atoms with Gasteiger partial charge in [-0.25, -0.2) is 4.98 Å². The third-order valence-corrected chi connectivity index (χ3v) is 4.94. The van der Waals surface area contributed by atoms with E-state index in [0.29, 0.717) is 16.1 Å². The van der Waals surface area contributed by atoms with Crippen molar-refractivity contribution in [3.63, 3.8) is 0 Å². The monoisotopic (exact) mass is 336 g/mol. The number of nitrogens with zero attached hydrogens (tertiary/aromatic N) is 1. The second-order valence-electron chi connectivity index (χ2n) is 5.06. The molecular formula is C16H20N2O2S2. The van der Waals surface area contributed by atoms with Crippen molar-refractivity contribution in [1.82, 2.24) is 4.98 Å². The van der Waals surface area contributed by atoms with Crippen LogP contribution in [-0.4, -0.2) is 29.0 Å². The number of nitrogens with one attached hydrogen (secondary N) is 1. The van der Waals surface area contributed by atoms with Crippen LogP contribution in [0, 0.1) is 6.92 Å². The number of ether oxygens (including phenoxy) is 1. The van der Waals surface area contributed by atoms with Gasteiger partial charge in [-0.2, -0.15) is 0 Å². The van der Waals surface area contributed by atoms with Crippen LogP contribution in [-0.2, 0) is 4.79 Å². The molecule has 0 saturated heterocycles. The van der Waals surface area contributed by atoms with Crippen molar-refractivity contribution in [2.24, 2.45) is 0 Å². The summed E-state index contributed by atoms with van der Waals surface area (Å²) < 4.78 is 5.16. The number of rotatable bonds is 6. The molecule has 0 radical (unpaired) electrons. The van der Waals surface area contributed by atoms with Crippen LogP contribution in [0.2, 0.25) is 0 Å². The van der Waals surface area contributed by atoms with E-state index in [1.165, 1.54) is 11.3 Å². The number of amides is 1. The van der Waals surface area contributed by atoms with Crippen molar-refractivity contribution in [2.45, 2.75) is 26.0 Å². The zero-order valence-electron chi connectivity index (χ0n) is 13.2. The molecule has 6 heteroatoms. The lowest BCUT2D eigenvalue weighted by atomic mass is 10.1. The molecule has 4 nitrogen and oxygen atoms in total. The Hall–Kier alpha value is -1.53. The Morgan fingerprint density at radius 2 is 2.05 bits per heavy atom. The fourth-order valence-electron chi connectivity index (χ4n) is 1.86. The van der Waals surface area contributed by atoms with E-state index in [0.717, 1.165) is 21.9 Å². The highest BCUT2D eigenvalue weighted by Gasteiger charge is 2.12. The average Bonchev–Trinajstić information content (AvgIpc) is 2.85. The fraction of sp³-hybridized carbons (Fsp3) is 0.375. The summed E-state index contributed by atoms with van der Waals surface area (Å²) in [4.78, 5) is 17.5. The van der Waals surface area contributed by atoms with Gasteiger partial charge in [0.05, 0.1) is 18.6 Å². The van der Waals surface area contributed by atoms with Gasteiger partial charge in [-0.05, 0) is 36.4 Å². The van der Waals surface area contributed by atoms with E-state index in [1.807, 2.05) is 31.2 Å². The molecule has 2 rings (SSSR count). The molecule has 1 amide bonds. The average molecular weight is 336 g/mol. The number of thioether (sulfide) groups is 1. The van der Waals surface area contributed by atoms with E-state index in [1.54, 1.807) is 18.9 Å². The lowest BCUT2D eigenvalue weighted by molar-refractivity contribution is -0.113. The Bertz CT molecular complexity index is 636. The second-order valence-corrected chi connectivity index (χ2v) is 7.83. The Balaban J connectivity index is 2.08. The summed E-state index contributed by atoms with van der Waals surface area (Å²) in [6.07, 6.45) is 0. The summed E-state index contributed by atoms with van der Waals surface area (Å²) in [6, 6.07) is 7.76. The predicted molar refractivity (Wildman–Crippen MR) is 95.1 cm³/mol. The maximum atomic E-state index is 11.9. The maximum absolute atomic E-state index is 11.9. The topological polar surface area (TPSA) is 51.2 Å². The van der Waals surface area contributed by atoms with Gasteiger partial charge in [0, 0.05) is 10.4 Å². The number of benzene rings is 1. The molecule has 2 aromatic rings. The van der Waals surface area contributed by atoms with Crippen LogP contribution in [0.25, 0.3) is 11.3 Å². The largest absolute Gasteiger partial charge is 0.497 e. The number of carbonyl (C=O) groups is 1. The summed E-state index contributed by atoms with van der Waals surface area (Å²) in [5.74, 6) is 1.26. The number of anilines is 1. The Morgan fingerprint density at radius 3 is 2.64 bits per heavy atom. The Kier molecular flexibility index (Phi) is 5.85. The van der Waals surface area contributed by atoms with E-state index in [9.17, 15) is 4.79 Å². The van der Waals surface area contributed by atoms with Gasteiger partial charge in [0.25, 0.3) is 0 Å². The number of hydrogen-bond acceptors (Lipinski definition) is 5. The van der Waals surface area contributed by atoms with Crippen molar-refractivity contribution in [3.8, 4) is 17.0 Å². The molecule has 0 aliphatic heterocycles. The minimum atomic E-state index is -0.00580. The number of carbonyl (C=O) groups excluding carboxylic acids is 1. The molecule has 0 aliphatic rings. The molecule has 1 aromatic heterocycles. The molecule has 0 unspecified atom stereocenters. The van der Waals surface area contributed by atoms with Gasteiger partial charge >= 0.3 is 0 Å². The fourth-order valence-corrected chi connectivity index (χ4v) is 3.27. The summed E-state index contributed by atoms with van der Waals surface area (Å²) in [5.41, 5.74) is 1.92. The van der Waals surface area contributed by atoms with E-state index >= 15 is 0 Å². The number of aromatic nitrogens is 1. The summed E-state index contributed by atoms with van der Waals surface area (Å²) in [6.45, 7) is 6.16. The van der Waals surface area contributed by atoms with Crippen LogP contribution in [0.5, 0.6) is 5.75 Å². The molecule has 1 N–H and O–H groups in total. The van der Waals surface area contributed by atoms with Crippen LogP contribution < -0.4 is 10.1 Å². The summed E-state index contributed by atoms with van der Waals surface area (Å²) in [7, 11) is 1.64. The molecule has 1 aromatic carbocycles. The van der Waals surface area contributed by atoms with E-state index in [4.69, 9.17) is 4.74 Å². The van der Waals surface area contributed by atoms with Gasteiger partial charge in [0.1, 0.15) is 5.75 Å². The number of aryl methyl sites for hydroxylation is 1. The second kappa shape index (κ2) is 7.65. The molecule has 0 aliphatic carbocycles. The third-order valence-electron chi connectivity index (χ3n) is 2.95. The first-order valence-electron chi connectivity index (χ1n) is 7.03. The Morgan fingerprint density at radius 1 is 1.36 bits per heavy atom. The summed E-state index contributed by atoms with van der Waals surface area (Å²) in [5, 5.41) is 3.97. The molecule has 0 atom stereocenters. The van der Waals surface area contributed by atoms with Gasteiger partial charge in [0.15, 0.2) is 5.13 Å². The van der Waals surface area contributed by atoms with Gasteiger partial charge in [-0.1, -0.05) is 13.8 Å². The van der Waals surface area contributed by atoms with Gasteiger partial charge in [0.2, 0.25) is 5.91 Å². The maximum Gasteiger partial charge on any atom is 0.236 e. The van der Waals surface area contributed by atoms with Crippen molar-refractivity contribution in [3.05, 3.63) is 29.1 Å². The van der Waals surface area contributed by atoms with Crippen LogP contribution in [0.3, 0.4) is 0 Å². The normalized spacial score (nSPS) is 10.8. The van der Waals surface area contributed by atoms with E-state index < -0.39 is 0 Å². The molecule has 1 heterocycles. The third kappa shape index (κ3) is 4.48. The minimum Gasteiger partial charge on any atom is -0.497 e. The number of hydrogen-bond donors (Lipinski definition) is 1. The number of thiazole rings is 1. The first kappa shape index (κ1) is 16.8. The van der Waals surface area contributed by atoms with E-state index in [2.05, 4.69) is 24.1 Å². The van der Waals surface area contributed by atoms with Crippen LogP contribution in [0.15, 0.2) is 24.3 Å². The predicted octanol–water partition coefficient (Wildman–Crippen LogP) is 4.21. The highest BCUT2D eigenvalue weighted by Crippen LogP contribution is 2.31. The lowest BCUT2D eigenvalue weighted by Crippen LogP contribution is -2.15. The van der Waals surface area contributed by atoms with E-state index in [-0.39, 0.29) is 5.91 Å². The van der Waals surface area contributed by atoms with Crippen LogP contribution in [0.1, 0.15) is 18.7 Å².